The minimum absolute atomic E-state index is 0.0389. The van der Waals surface area contributed by atoms with Crippen molar-refractivity contribution in [2.75, 3.05) is 19.8 Å². The predicted octanol–water partition coefficient (Wildman–Crippen LogP) is 1.71. The van der Waals surface area contributed by atoms with E-state index in [4.69, 9.17) is 4.74 Å². The van der Waals surface area contributed by atoms with Crippen LogP contribution in [0.5, 0.6) is 0 Å². The summed E-state index contributed by atoms with van der Waals surface area (Å²) in [6.07, 6.45) is 4.73. The molecule has 5 nitrogen and oxygen atoms in total. The van der Waals surface area contributed by atoms with Crippen LogP contribution in [0.25, 0.3) is 0 Å². The van der Waals surface area contributed by atoms with E-state index < -0.39 is 11.6 Å². The van der Waals surface area contributed by atoms with Crippen molar-refractivity contribution in [3.8, 4) is 0 Å². The van der Waals surface area contributed by atoms with E-state index in [1.54, 1.807) is 0 Å². The summed E-state index contributed by atoms with van der Waals surface area (Å²) in [4.78, 5) is 27.4. The lowest BCUT2D eigenvalue weighted by Gasteiger charge is -2.50. The Balaban J connectivity index is 2.23. The molecule has 0 radical (unpaired) electrons. The predicted molar refractivity (Wildman–Crippen MR) is 80.8 cm³/mol. The van der Waals surface area contributed by atoms with Crippen LogP contribution in [0.4, 0.5) is 0 Å². The maximum absolute atomic E-state index is 12.8. The van der Waals surface area contributed by atoms with Crippen LogP contribution in [0.1, 0.15) is 52.9 Å². The number of hydrogen-bond donors (Lipinski definition) is 1. The Labute approximate surface area is 127 Å². The number of carbonyl (C=O) groups excluding carboxylic acids is 2. The summed E-state index contributed by atoms with van der Waals surface area (Å²) in [5.74, 6) is 0.209. The van der Waals surface area contributed by atoms with Crippen molar-refractivity contribution in [2.45, 2.75) is 64.5 Å². The summed E-state index contributed by atoms with van der Waals surface area (Å²) in [5.41, 5.74) is -0.627. The number of hydrogen-bond acceptors (Lipinski definition) is 3. The van der Waals surface area contributed by atoms with E-state index >= 15 is 0 Å². The maximum Gasteiger partial charge on any atom is 0.246 e. The molecule has 2 amide bonds. The Morgan fingerprint density at radius 3 is 2.52 bits per heavy atom. The Bertz CT molecular complexity index is 389. The van der Waals surface area contributed by atoms with Gasteiger partial charge in [-0.05, 0) is 25.7 Å². The van der Waals surface area contributed by atoms with Gasteiger partial charge in [-0.15, -0.1) is 0 Å². The molecule has 120 valence electrons. The van der Waals surface area contributed by atoms with Crippen LogP contribution in [-0.2, 0) is 14.3 Å². The fraction of sp³-hybridized carbons (Fsp3) is 0.875. The number of carbonyl (C=O) groups is 2. The van der Waals surface area contributed by atoms with E-state index in [1.807, 2.05) is 25.7 Å². The molecule has 1 heterocycles. The third kappa shape index (κ3) is 3.07. The smallest absolute Gasteiger partial charge is 0.246 e. The van der Waals surface area contributed by atoms with Gasteiger partial charge in [0, 0.05) is 13.2 Å². The van der Waals surface area contributed by atoms with Crippen LogP contribution < -0.4 is 5.32 Å². The van der Waals surface area contributed by atoms with Crippen LogP contribution >= 0.6 is 0 Å². The maximum atomic E-state index is 12.8. The molecule has 1 aliphatic heterocycles. The Morgan fingerprint density at radius 2 is 1.95 bits per heavy atom. The fourth-order valence-corrected chi connectivity index (χ4v) is 3.55. The van der Waals surface area contributed by atoms with E-state index in [9.17, 15) is 9.59 Å². The molecule has 1 saturated carbocycles. The van der Waals surface area contributed by atoms with Crippen molar-refractivity contribution in [3.63, 3.8) is 0 Å². The summed E-state index contributed by atoms with van der Waals surface area (Å²) in [6, 6.07) is -0.397. The van der Waals surface area contributed by atoms with Crippen molar-refractivity contribution in [3.05, 3.63) is 0 Å². The molecule has 0 aromatic carbocycles. The van der Waals surface area contributed by atoms with Gasteiger partial charge >= 0.3 is 0 Å². The zero-order valence-electron chi connectivity index (χ0n) is 13.5. The molecule has 1 spiro atoms. The highest BCUT2D eigenvalue weighted by atomic mass is 16.5. The highest BCUT2D eigenvalue weighted by Gasteiger charge is 2.52. The summed E-state index contributed by atoms with van der Waals surface area (Å²) in [5, 5.41) is 2.98. The van der Waals surface area contributed by atoms with Gasteiger partial charge in [-0.25, -0.2) is 0 Å². The van der Waals surface area contributed by atoms with Crippen molar-refractivity contribution < 1.29 is 14.3 Å². The Kier molecular flexibility index (Phi) is 5.25. The highest BCUT2D eigenvalue weighted by molar-refractivity contribution is 6.00. The van der Waals surface area contributed by atoms with E-state index in [1.165, 1.54) is 0 Å². The number of nitrogens with zero attached hydrogens (tertiary/aromatic N) is 1. The summed E-state index contributed by atoms with van der Waals surface area (Å²) >= 11 is 0. The number of rotatable bonds is 5. The molecule has 1 saturated heterocycles. The van der Waals surface area contributed by atoms with Gasteiger partial charge in [0.2, 0.25) is 11.8 Å². The van der Waals surface area contributed by atoms with E-state index in [2.05, 4.69) is 5.32 Å². The average Bonchev–Trinajstić information content (AvgIpc) is 2.47. The molecule has 2 rings (SSSR count). The number of nitrogens with one attached hydrogen (secondary N) is 1. The third-order valence-electron chi connectivity index (χ3n) is 4.77. The van der Waals surface area contributed by atoms with Crippen LogP contribution in [0, 0.1) is 5.92 Å². The quantitative estimate of drug-likeness (QED) is 0.786. The van der Waals surface area contributed by atoms with E-state index in [0.717, 1.165) is 32.1 Å². The molecule has 1 unspecified atom stereocenters. The zero-order valence-corrected chi connectivity index (χ0v) is 13.5. The Hall–Kier alpha value is -1.10. The summed E-state index contributed by atoms with van der Waals surface area (Å²) < 4.78 is 5.42. The fourth-order valence-electron chi connectivity index (χ4n) is 3.55. The lowest BCUT2D eigenvalue weighted by Crippen LogP contribution is -2.72. The van der Waals surface area contributed by atoms with Crippen LogP contribution in [0.2, 0.25) is 0 Å². The highest BCUT2D eigenvalue weighted by Crippen LogP contribution is 2.37. The summed E-state index contributed by atoms with van der Waals surface area (Å²) in [6.45, 7) is 7.54. The standard InChI is InChI=1S/C16H28N2O3/c1-4-21-11-10-18-14(19)13(12(2)3)17-15(20)16(18)8-6-5-7-9-16/h12-13H,4-11H2,1-3H3,(H,17,20). The lowest BCUT2D eigenvalue weighted by molar-refractivity contribution is -0.162. The SMILES string of the molecule is CCOCCN1C(=O)C(C(C)C)NC(=O)C12CCCCC2. The second-order valence-corrected chi connectivity index (χ2v) is 6.47. The van der Waals surface area contributed by atoms with Crippen molar-refractivity contribution in [2.24, 2.45) is 5.92 Å². The lowest BCUT2D eigenvalue weighted by atomic mass is 9.76. The normalized spacial score (nSPS) is 25.5. The van der Waals surface area contributed by atoms with Crippen molar-refractivity contribution in [1.82, 2.24) is 10.2 Å². The van der Waals surface area contributed by atoms with Gasteiger partial charge in [0.05, 0.1) is 6.61 Å². The largest absolute Gasteiger partial charge is 0.380 e. The van der Waals surface area contributed by atoms with Crippen LogP contribution in [-0.4, -0.2) is 48.1 Å². The van der Waals surface area contributed by atoms with Gasteiger partial charge in [-0.2, -0.15) is 0 Å². The van der Waals surface area contributed by atoms with Gasteiger partial charge in [0.15, 0.2) is 0 Å². The topological polar surface area (TPSA) is 58.6 Å². The molecule has 0 aromatic rings. The van der Waals surface area contributed by atoms with Crippen LogP contribution in [0.15, 0.2) is 0 Å². The first-order valence-electron chi connectivity index (χ1n) is 8.23. The molecule has 5 heteroatoms. The van der Waals surface area contributed by atoms with E-state index in [-0.39, 0.29) is 17.7 Å². The molecule has 2 aliphatic rings. The molecule has 0 bridgehead atoms. The van der Waals surface area contributed by atoms with Gasteiger partial charge in [-0.3, -0.25) is 9.59 Å². The van der Waals surface area contributed by atoms with E-state index in [0.29, 0.717) is 19.8 Å². The number of ether oxygens (including phenoxy) is 1. The Morgan fingerprint density at radius 1 is 1.29 bits per heavy atom. The van der Waals surface area contributed by atoms with Gasteiger partial charge < -0.3 is 15.0 Å². The molecule has 1 N–H and O–H groups in total. The molecular formula is C16H28N2O3. The molecule has 1 atom stereocenters. The number of amides is 2. The molecule has 2 fully saturated rings. The first kappa shape index (κ1) is 16.3. The average molecular weight is 296 g/mol. The second-order valence-electron chi connectivity index (χ2n) is 6.47. The van der Waals surface area contributed by atoms with Crippen molar-refractivity contribution in [1.29, 1.82) is 0 Å². The molecular weight excluding hydrogens is 268 g/mol. The molecule has 1 aliphatic carbocycles. The van der Waals surface area contributed by atoms with Crippen LogP contribution in [0.3, 0.4) is 0 Å². The van der Waals surface area contributed by atoms with Crippen molar-refractivity contribution >= 4 is 11.8 Å². The zero-order chi connectivity index (χ0) is 15.5. The minimum Gasteiger partial charge on any atom is -0.380 e. The van der Waals surface area contributed by atoms with Gasteiger partial charge in [-0.1, -0.05) is 33.1 Å². The molecule has 0 aromatic heterocycles. The monoisotopic (exact) mass is 296 g/mol. The van der Waals surface area contributed by atoms with Gasteiger partial charge in [0.1, 0.15) is 11.6 Å². The first-order chi connectivity index (χ1) is 10.0. The first-order valence-corrected chi connectivity index (χ1v) is 8.23. The second kappa shape index (κ2) is 6.77. The number of piperazine rings is 1. The summed E-state index contributed by atoms with van der Waals surface area (Å²) in [7, 11) is 0. The molecule has 21 heavy (non-hydrogen) atoms. The third-order valence-corrected chi connectivity index (χ3v) is 4.77. The minimum atomic E-state index is -0.627. The van der Waals surface area contributed by atoms with Gasteiger partial charge in [0.25, 0.3) is 0 Å².